The molecule has 24 heavy (non-hydrogen) atoms. The summed E-state index contributed by atoms with van der Waals surface area (Å²) in [6, 6.07) is 7.43. The SMILES string of the molecule is O=[N+]([O-])c1ccc(CN/N=C/c2ccc(O)c(O)c2)c([N+](=O)[O-])c1. The summed E-state index contributed by atoms with van der Waals surface area (Å²) in [6.45, 7) is -0.0190. The van der Waals surface area contributed by atoms with Gasteiger partial charge in [-0.2, -0.15) is 5.10 Å². The zero-order chi connectivity index (χ0) is 17.7. The van der Waals surface area contributed by atoms with Crippen molar-refractivity contribution in [2.45, 2.75) is 6.54 Å². The highest BCUT2D eigenvalue weighted by Crippen LogP contribution is 2.25. The Bertz CT molecular complexity index is 821. The number of benzene rings is 2. The molecule has 0 unspecified atom stereocenters. The van der Waals surface area contributed by atoms with E-state index in [1.807, 2.05) is 0 Å². The molecule has 0 fully saturated rings. The first kappa shape index (κ1) is 16.7. The first-order valence-electron chi connectivity index (χ1n) is 6.58. The summed E-state index contributed by atoms with van der Waals surface area (Å²) in [7, 11) is 0. The van der Waals surface area contributed by atoms with Crippen LogP contribution in [0.5, 0.6) is 11.5 Å². The van der Waals surface area contributed by atoms with Crippen molar-refractivity contribution in [1.82, 2.24) is 5.43 Å². The molecule has 0 aliphatic heterocycles. The van der Waals surface area contributed by atoms with Crippen molar-refractivity contribution in [3.05, 3.63) is 67.8 Å². The molecule has 10 nitrogen and oxygen atoms in total. The number of hydrazone groups is 1. The number of aromatic hydroxyl groups is 2. The topological polar surface area (TPSA) is 151 Å². The van der Waals surface area contributed by atoms with Gasteiger partial charge in [0.15, 0.2) is 11.5 Å². The Labute approximate surface area is 135 Å². The van der Waals surface area contributed by atoms with Gasteiger partial charge < -0.3 is 15.6 Å². The normalized spacial score (nSPS) is 10.7. The molecule has 10 heteroatoms. The fraction of sp³-hybridized carbons (Fsp3) is 0.0714. The van der Waals surface area contributed by atoms with Crippen molar-refractivity contribution in [1.29, 1.82) is 0 Å². The van der Waals surface area contributed by atoms with E-state index < -0.39 is 9.85 Å². The molecule has 0 saturated carbocycles. The first-order chi connectivity index (χ1) is 11.4. The van der Waals surface area contributed by atoms with Crippen LogP contribution in [0.3, 0.4) is 0 Å². The average Bonchev–Trinajstić information content (AvgIpc) is 2.54. The first-order valence-corrected chi connectivity index (χ1v) is 6.58. The van der Waals surface area contributed by atoms with Crippen LogP contribution in [0.1, 0.15) is 11.1 Å². The predicted molar refractivity (Wildman–Crippen MR) is 84.0 cm³/mol. The third-order valence-corrected chi connectivity index (χ3v) is 3.05. The molecule has 0 radical (unpaired) electrons. The molecule has 0 aliphatic rings. The number of nitrogens with zero attached hydrogens (tertiary/aromatic N) is 3. The summed E-state index contributed by atoms with van der Waals surface area (Å²) in [5.74, 6) is -0.563. The number of hydrogen-bond donors (Lipinski definition) is 3. The van der Waals surface area contributed by atoms with Crippen LogP contribution < -0.4 is 5.43 Å². The Kier molecular flexibility index (Phi) is 4.90. The minimum Gasteiger partial charge on any atom is -0.504 e. The van der Waals surface area contributed by atoms with Crippen LogP contribution in [-0.2, 0) is 6.54 Å². The third kappa shape index (κ3) is 3.94. The minimum atomic E-state index is -0.709. The minimum absolute atomic E-state index is 0.0190. The van der Waals surface area contributed by atoms with Crippen molar-refractivity contribution in [3.8, 4) is 11.5 Å². The van der Waals surface area contributed by atoms with Gasteiger partial charge in [-0.15, -0.1) is 0 Å². The van der Waals surface area contributed by atoms with Crippen LogP contribution in [0.2, 0.25) is 0 Å². The Morgan fingerprint density at radius 3 is 2.42 bits per heavy atom. The molecule has 0 aliphatic carbocycles. The fourth-order valence-electron chi connectivity index (χ4n) is 1.86. The predicted octanol–water partition coefficient (Wildman–Crippen LogP) is 2.04. The van der Waals surface area contributed by atoms with Crippen LogP contribution >= 0.6 is 0 Å². The lowest BCUT2D eigenvalue weighted by Crippen LogP contribution is -2.08. The molecular weight excluding hydrogens is 320 g/mol. The summed E-state index contributed by atoms with van der Waals surface area (Å²) in [4.78, 5) is 20.2. The molecule has 0 aromatic heterocycles. The van der Waals surface area contributed by atoms with E-state index >= 15 is 0 Å². The van der Waals surface area contributed by atoms with E-state index in [-0.39, 0.29) is 35.0 Å². The lowest BCUT2D eigenvalue weighted by molar-refractivity contribution is -0.394. The molecule has 2 aromatic rings. The van der Waals surface area contributed by atoms with E-state index in [0.29, 0.717) is 5.56 Å². The number of non-ortho nitro benzene ring substituents is 1. The standard InChI is InChI=1S/C14H12N4O6/c19-13-4-1-9(5-14(13)20)7-15-16-8-10-2-3-11(17(21)22)6-12(10)18(23)24/h1-7,16,19-20H,8H2/b15-7+. The maximum atomic E-state index is 11.0. The molecule has 124 valence electrons. The highest BCUT2D eigenvalue weighted by atomic mass is 16.6. The van der Waals surface area contributed by atoms with Gasteiger partial charge in [-0.25, -0.2) is 0 Å². The number of phenols is 2. The summed E-state index contributed by atoms with van der Waals surface area (Å²) in [5.41, 5.74) is 2.56. The zero-order valence-corrected chi connectivity index (χ0v) is 12.1. The summed E-state index contributed by atoms with van der Waals surface area (Å²) in [5, 5.41) is 44.0. The molecule has 3 N–H and O–H groups in total. The van der Waals surface area contributed by atoms with E-state index in [0.717, 1.165) is 6.07 Å². The van der Waals surface area contributed by atoms with E-state index in [1.165, 1.54) is 36.5 Å². The Morgan fingerprint density at radius 1 is 1.04 bits per heavy atom. The average molecular weight is 332 g/mol. The number of rotatable bonds is 6. The second kappa shape index (κ2) is 7.05. The fourth-order valence-corrected chi connectivity index (χ4v) is 1.86. The molecule has 0 spiro atoms. The summed E-state index contributed by atoms with van der Waals surface area (Å²) < 4.78 is 0. The second-order valence-electron chi connectivity index (χ2n) is 4.67. The lowest BCUT2D eigenvalue weighted by atomic mass is 10.1. The van der Waals surface area contributed by atoms with Crippen LogP contribution in [0.25, 0.3) is 0 Å². The maximum Gasteiger partial charge on any atom is 0.281 e. The molecule has 0 amide bonds. The van der Waals surface area contributed by atoms with Crippen LogP contribution in [-0.4, -0.2) is 26.3 Å². The van der Waals surface area contributed by atoms with Crippen molar-refractivity contribution < 1.29 is 20.1 Å². The maximum absolute atomic E-state index is 11.0. The Morgan fingerprint density at radius 2 is 1.79 bits per heavy atom. The van der Waals surface area contributed by atoms with E-state index in [9.17, 15) is 30.4 Å². The monoisotopic (exact) mass is 332 g/mol. The summed E-state index contributed by atoms with van der Waals surface area (Å²) >= 11 is 0. The van der Waals surface area contributed by atoms with Crippen LogP contribution in [0, 0.1) is 20.2 Å². The van der Waals surface area contributed by atoms with Crippen LogP contribution in [0.15, 0.2) is 41.5 Å². The highest BCUT2D eigenvalue weighted by Gasteiger charge is 2.18. The van der Waals surface area contributed by atoms with Crippen molar-refractivity contribution in [2.75, 3.05) is 0 Å². The van der Waals surface area contributed by atoms with E-state index in [4.69, 9.17) is 0 Å². The van der Waals surface area contributed by atoms with Gasteiger partial charge in [0.2, 0.25) is 0 Å². The van der Waals surface area contributed by atoms with Gasteiger partial charge in [-0.3, -0.25) is 20.2 Å². The van der Waals surface area contributed by atoms with Gasteiger partial charge in [0.05, 0.1) is 34.2 Å². The van der Waals surface area contributed by atoms with Gasteiger partial charge >= 0.3 is 0 Å². The van der Waals surface area contributed by atoms with Gasteiger partial charge in [0.25, 0.3) is 11.4 Å². The number of hydrogen-bond acceptors (Lipinski definition) is 8. The van der Waals surface area contributed by atoms with Crippen molar-refractivity contribution in [3.63, 3.8) is 0 Å². The molecule has 0 heterocycles. The second-order valence-corrected chi connectivity index (χ2v) is 4.67. The van der Waals surface area contributed by atoms with E-state index in [2.05, 4.69) is 10.5 Å². The quantitative estimate of drug-likeness (QED) is 0.317. The molecule has 0 saturated heterocycles. The molecule has 2 rings (SSSR count). The van der Waals surface area contributed by atoms with Crippen LogP contribution in [0.4, 0.5) is 11.4 Å². The zero-order valence-electron chi connectivity index (χ0n) is 12.1. The van der Waals surface area contributed by atoms with Crippen molar-refractivity contribution >= 4 is 17.6 Å². The van der Waals surface area contributed by atoms with Crippen molar-refractivity contribution in [2.24, 2.45) is 5.10 Å². The number of nitrogens with one attached hydrogen (secondary N) is 1. The molecule has 0 bridgehead atoms. The van der Waals surface area contributed by atoms with E-state index in [1.54, 1.807) is 0 Å². The summed E-state index contributed by atoms with van der Waals surface area (Å²) in [6.07, 6.45) is 1.34. The number of nitro groups is 2. The molecule has 0 atom stereocenters. The largest absolute Gasteiger partial charge is 0.504 e. The Balaban J connectivity index is 2.08. The van der Waals surface area contributed by atoms with Gasteiger partial charge in [-0.05, 0) is 29.8 Å². The number of phenolic OH excluding ortho intramolecular Hbond substituents is 2. The Hall–Kier alpha value is -3.69. The van der Waals surface area contributed by atoms with Gasteiger partial charge in [0.1, 0.15) is 0 Å². The highest BCUT2D eigenvalue weighted by molar-refractivity contribution is 5.80. The van der Waals surface area contributed by atoms with Gasteiger partial charge in [-0.1, -0.05) is 0 Å². The molecule has 2 aromatic carbocycles. The number of nitro benzene ring substituents is 2. The molecular formula is C14H12N4O6. The third-order valence-electron chi connectivity index (χ3n) is 3.05. The lowest BCUT2D eigenvalue weighted by Gasteiger charge is -2.03. The van der Waals surface area contributed by atoms with Gasteiger partial charge in [0, 0.05) is 6.07 Å². The smallest absolute Gasteiger partial charge is 0.281 e.